The second-order valence-electron chi connectivity index (χ2n) is 8.75. The van der Waals surface area contributed by atoms with E-state index in [1.54, 1.807) is 24.5 Å². The number of nitriles is 1. The standard InChI is InChI=1S/C27H21N7O/c28-13-17-7-8-29-25(9-17)33-26-12-21(19-2-3-19)10-23(32-26)20-4-5-22-24(11-20)34(16-31-22)15-18-1-6-27(35)30-14-18/h1,4-12,14,16,19H,2-3,15H2,(H,30,35)(H,29,32,33). The zero-order valence-corrected chi connectivity index (χ0v) is 18.8. The minimum absolute atomic E-state index is 0.118. The largest absolute Gasteiger partial charge is 0.329 e. The van der Waals surface area contributed by atoms with Crippen molar-refractivity contribution in [3.8, 4) is 17.3 Å². The highest BCUT2D eigenvalue weighted by Gasteiger charge is 2.25. The first kappa shape index (κ1) is 20.8. The fraction of sp³-hybridized carbons (Fsp3) is 0.148. The third-order valence-corrected chi connectivity index (χ3v) is 6.16. The third-order valence-electron chi connectivity index (χ3n) is 6.16. The predicted molar refractivity (Wildman–Crippen MR) is 133 cm³/mol. The van der Waals surface area contributed by atoms with Gasteiger partial charge in [-0.3, -0.25) is 4.79 Å². The first-order chi connectivity index (χ1) is 17.1. The number of benzene rings is 1. The predicted octanol–water partition coefficient (Wildman–Crippen LogP) is 4.72. The number of hydrogen-bond acceptors (Lipinski definition) is 6. The lowest BCUT2D eigenvalue weighted by molar-refractivity contribution is 0.818. The highest BCUT2D eigenvalue weighted by Crippen LogP contribution is 2.42. The quantitative estimate of drug-likeness (QED) is 0.380. The molecule has 1 aliphatic rings. The van der Waals surface area contributed by atoms with Crippen molar-refractivity contribution in [3.63, 3.8) is 0 Å². The summed E-state index contributed by atoms with van der Waals surface area (Å²) < 4.78 is 2.06. The van der Waals surface area contributed by atoms with E-state index in [9.17, 15) is 10.1 Å². The summed E-state index contributed by atoms with van der Waals surface area (Å²) in [6.45, 7) is 0.597. The smallest absolute Gasteiger partial charge is 0.247 e. The summed E-state index contributed by atoms with van der Waals surface area (Å²) in [5.41, 5.74) is 6.40. The summed E-state index contributed by atoms with van der Waals surface area (Å²) in [4.78, 5) is 27.9. The van der Waals surface area contributed by atoms with Crippen LogP contribution in [0.25, 0.3) is 22.3 Å². The summed E-state index contributed by atoms with van der Waals surface area (Å²) >= 11 is 0. The molecule has 0 unspecified atom stereocenters. The van der Waals surface area contributed by atoms with E-state index in [0.29, 0.717) is 29.7 Å². The number of imidazole rings is 1. The molecule has 0 bridgehead atoms. The van der Waals surface area contributed by atoms with E-state index < -0.39 is 0 Å². The number of hydrogen-bond donors (Lipinski definition) is 2. The molecule has 1 fully saturated rings. The van der Waals surface area contributed by atoms with E-state index in [0.717, 1.165) is 27.9 Å². The molecule has 0 radical (unpaired) electrons. The number of aromatic nitrogens is 5. The van der Waals surface area contributed by atoms with Crippen molar-refractivity contribution < 1.29 is 0 Å². The number of rotatable bonds is 6. The van der Waals surface area contributed by atoms with E-state index in [1.165, 1.54) is 24.5 Å². The lowest BCUT2D eigenvalue weighted by atomic mass is 10.1. The average Bonchev–Trinajstić information content (AvgIpc) is 3.67. The third kappa shape index (κ3) is 4.39. The van der Waals surface area contributed by atoms with E-state index in [2.05, 4.69) is 49.1 Å². The summed E-state index contributed by atoms with van der Waals surface area (Å²) in [5.74, 6) is 1.84. The lowest BCUT2D eigenvalue weighted by Gasteiger charge is -2.11. The molecule has 0 saturated heterocycles. The summed E-state index contributed by atoms with van der Waals surface area (Å²) in [7, 11) is 0. The van der Waals surface area contributed by atoms with Crippen LogP contribution < -0.4 is 10.9 Å². The fourth-order valence-electron chi connectivity index (χ4n) is 4.20. The fourth-order valence-corrected chi connectivity index (χ4v) is 4.20. The Kier molecular flexibility index (Phi) is 5.08. The van der Waals surface area contributed by atoms with Crippen molar-refractivity contribution in [1.29, 1.82) is 5.26 Å². The van der Waals surface area contributed by atoms with Crippen LogP contribution in [0.2, 0.25) is 0 Å². The molecule has 2 N–H and O–H groups in total. The second kappa shape index (κ2) is 8.54. The molecule has 4 heterocycles. The van der Waals surface area contributed by atoms with Crippen LogP contribution in [0.15, 0.2) is 78.1 Å². The van der Waals surface area contributed by atoms with Gasteiger partial charge in [-0.15, -0.1) is 0 Å². The van der Waals surface area contributed by atoms with Gasteiger partial charge in [0.15, 0.2) is 0 Å². The molecular formula is C27H21N7O. The van der Waals surface area contributed by atoms with Crippen LogP contribution in [0.4, 0.5) is 11.6 Å². The van der Waals surface area contributed by atoms with Crippen LogP contribution >= 0.6 is 0 Å². The molecule has 170 valence electrons. The Labute approximate surface area is 201 Å². The van der Waals surface area contributed by atoms with Gasteiger partial charge < -0.3 is 14.9 Å². The molecule has 1 aromatic carbocycles. The molecule has 6 rings (SSSR count). The van der Waals surface area contributed by atoms with Gasteiger partial charge in [0, 0.05) is 24.0 Å². The molecular weight excluding hydrogens is 438 g/mol. The van der Waals surface area contributed by atoms with Gasteiger partial charge in [0.1, 0.15) is 11.6 Å². The monoisotopic (exact) mass is 459 g/mol. The molecule has 8 heteroatoms. The van der Waals surface area contributed by atoms with Crippen molar-refractivity contribution >= 4 is 22.7 Å². The van der Waals surface area contributed by atoms with Crippen LogP contribution in [0.1, 0.15) is 35.4 Å². The van der Waals surface area contributed by atoms with Gasteiger partial charge in [-0.1, -0.05) is 12.1 Å². The minimum Gasteiger partial charge on any atom is -0.329 e. The maximum atomic E-state index is 11.4. The molecule has 4 aromatic heterocycles. The summed E-state index contributed by atoms with van der Waals surface area (Å²) in [6.07, 6.45) is 7.51. The number of anilines is 2. The molecule has 0 aliphatic heterocycles. The first-order valence-electron chi connectivity index (χ1n) is 11.4. The van der Waals surface area contributed by atoms with Crippen LogP contribution in [0, 0.1) is 11.3 Å². The second-order valence-corrected chi connectivity index (χ2v) is 8.75. The van der Waals surface area contributed by atoms with Gasteiger partial charge in [0.2, 0.25) is 5.56 Å². The Hall–Kier alpha value is -4.77. The van der Waals surface area contributed by atoms with Crippen LogP contribution in [0.5, 0.6) is 0 Å². The SMILES string of the molecule is N#Cc1ccnc(Nc2cc(C3CC3)cc(-c3ccc4ncn(Cc5ccc(=O)[nH]c5)c4c3)n2)c1. The number of nitrogens with one attached hydrogen (secondary N) is 2. The maximum Gasteiger partial charge on any atom is 0.247 e. The van der Waals surface area contributed by atoms with Gasteiger partial charge in [-0.05, 0) is 66.3 Å². The summed E-state index contributed by atoms with van der Waals surface area (Å²) in [6, 6.07) is 19.3. The van der Waals surface area contributed by atoms with Crippen molar-refractivity contribution in [1.82, 2.24) is 24.5 Å². The number of H-pyrrole nitrogens is 1. The molecule has 0 atom stereocenters. The number of nitrogens with zero attached hydrogens (tertiary/aromatic N) is 5. The molecule has 0 spiro atoms. The summed E-state index contributed by atoms with van der Waals surface area (Å²) in [5, 5.41) is 12.5. The zero-order valence-electron chi connectivity index (χ0n) is 18.8. The van der Waals surface area contributed by atoms with Gasteiger partial charge in [0.05, 0.1) is 41.2 Å². The minimum atomic E-state index is -0.118. The van der Waals surface area contributed by atoms with Gasteiger partial charge >= 0.3 is 0 Å². The highest BCUT2D eigenvalue weighted by atomic mass is 16.1. The lowest BCUT2D eigenvalue weighted by Crippen LogP contribution is -2.05. The maximum absolute atomic E-state index is 11.4. The Morgan fingerprint density at radius 1 is 1.06 bits per heavy atom. The van der Waals surface area contributed by atoms with E-state index >= 15 is 0 Å². The molecule has 0 amide bonds. The molecule has 8 nitrogen and oxygen atoms in total. The van der Waals surface area contributed by atoms with Gasteiger partial charge in [-0.2, -0.15) is 5.26 Å². The number of pyridine rings is 3. The Morgan fingerprint density at radius 3 is 2.77 bits per heavy atom. The number of aromatic amines is 1. The Morgan fingerprint density at radius 2 is 1.97 bits per heavy atom. The van der Waals surface area contributed by atoms with E-state index in [4.69, 9.17) is 4.98 Å². The van der Waals surface area contributed by atoms with Crippen molar-refractivity contribution in [3.05, 3.63) is 100 Å². The molecule has 35 heavy (non-hydrogen) atoms. The van der Waals surface area contributed by atoms with Gasteiger partial charge in [0.25, 0.3) is 0 Å². The number of fused-ring (bicyclic) bond motifs is 1. The zero-order chi connectivity index (χ0) is 23.8. The van der Waals surface area contributed by atoms with Crippen molar-refractivity contribution in [2.45, 2.75) is 25.3 Å². The Balaban J connectivity index is 1.37. The Bertz CT molecular complexity index is 1640. The van der Waals surface area contributed by atoms with Crippen LogP contribution in [-0.4, -0.2) is 24.5 Å². The molecule has 1 aliphatic carbocycles. The normalized spacial score (nSPS) is 13.0. The van der Waals surface area contributed by atoms with Crippen molar-refractivity contribution in [2.24, 2.45) is 0 Å². The van der Waals surface area contributed by atoms with Gasteiger partial charge in [-0.25, -0.2) is 15.0 Å². The van der Waals surface area contributed by atoms with E-state index in [1.807, 2.05) is 24.5 Å². The van der Waals surface area contributed by atoms with Crippen LogP contribution in [-0.2, 0) is 6.54 Å². The average molecular weight is 460 g/mol. The topological polar surface area (TPSA) is 112 Å². The highest BCUT2D eigenvalue weighted by molar-refractivity contribution is 5.82. The van der Waals surface area contributed by atoms with E-state index in [-0.39, 0.29) is 5.56 Å². The first-order valence-corrected chi connectivity index (χ1v) is 11.4. The van der Waals surface area contributed by atoms with Crippen LogP contribution in [0.3, 0.4) is 0 Å². The molecule has 5 aromatic rings. The van der Waals surface area contributed by atoms with Crippen molar-refractivity contribution in [2.75, 3.05) is 5.32 Å². The molecule has 1 saturated carbocycles.